The zero-order chi connectivity index (χ0) is 14.5. The molecule has 0 bridgehead atoms. The Morgan fingerprint density at radius 2 is 2.10 bits per heavy atom. The van der Waals surface area contributed by atoms with Crippen molar-refractivity contribution in [3.63, 3.8) is 0 Å². The molecular formula is C19H29NO. The van der Waals surface area contributed by atoms with Crippen molar-refractivity contribution in [2.45, 2.75) is 69.4 Å². The van der Waals surface area contributed by atoms with Crippen molar-refractivity contribution in [3.05, 3.63) is 35.9 Å². The Bertz CT molecular complexity index is 420. The fourth-order valence-electron chi connectivity index (χ4n) is 3.98. The van der Waals surface area contributed by atoms with Gasteiger partial charge in [-0.2, -0.15) is 0 Å². The molecule has 1 saturated carbocycles. The maximum absolute atomic E-state index is 5.76. The molecule has 0 radical (unpaired) electrons. The molecule has 0 spiro atoms. The second kappa shape index (κ2) is 6.93. The van der Waals surface area contributed by atoms with Crippen molar-refractivity contribution in [1.29, 1.82) is 0 Å². The maximum atomic E-state index is 5.76. The molecule has 2 heteroatoms. The van der Waals surface area contributed by atoms with E-state index in [-0.39, 0.29) is 0 Å². The molecule has 1 aliphatic carbocycles. The summed E-state index contributed by atoms with van der Waals surface area (Å²) < 4.78 is 5.76. The minimum Gasteiger partial charge on any atom is -0.378 e. The fraction of sp³-hybridized carbons (Fsp3) is 0.684. The van der Waals surface area contributed by atoms with E-state index in [0.29, 0.717) is 17.6 Å². The van der Waals surface area contributed by atoms with Crippen LogP contribution in [-0.4, -0.2) is 25.3 Å². The lowest BCUT2D eigenvalue weighted by molar-refractivity contribution is 0.101. The monoisotopic (exact) mass is 287 g/mol. The number of likely N-dealkylation sites (N-methyl/N-ethyl adjacent to an activating group) is 1. The lowest BCUT2D eigenvalue weighted by Gasteiger charge is -2.29. The van der Waals surface area contributed by atoms with E-state index < -0.39 is 0 Å². The van der Waals surface area contributed by atoms with Crippen molar-refractivity contribution < 1.29 is 4.74 Å². The minimum absolute atomic E-state index is 0.411. The molecule has 0 amide bonds. The van der Waals surface area contributed by atoms with Gasteiger partial charge in [-0.3, -0.25) is 0 Å². The van der Waals surface area contributed by atoms with Crippen LogP contribution in [0.25, 0.3) is 0 Å². The van der Waals surface area contributed by atoms with E-state index in [1.165, 1.54) is 50.5 Å². The van der Waals surface area contributed by atoms with Crippen molar-refractivity contribution in [2.75, 3.05) is 13.2 Å². The van der Waals surface area contributed by atoms with Gasteiger partial charge in [0, 0.05) is 18.1 Å². The van der Waals surface area contributed by atoms with Crippen LogP contribution in [0.3, 0.4) is 0 Å². The molecule has 1 heterocycles. The SMILES string of the molecule is CCNC(CCCC1CCCO1)C1(c2ccccc2)CC1. The average Bonchev–Trinajstić information content (AvgIpc) is 3.17. The molecule has 1 aliphatic heterocycles. The highest BCUT2D eigenvalue weighted by molar-refractivity contribution is 5.33. The smallest absolute Gasteiger partial charge is 0.0576 e. The van der Waals surface area contributed by atoms with Gasteiger partial charge in [-0.05, 0) is 57.1 Å². The highest BCUT2D eigenvalue weighted by atomic mass is 16.5. The molecule has 1 aromatic carbocycles. The first-order chi connectivity index (χ1) is 10.3. The number of ether oxygens (including phenoxy) is 1. The van der Waals surface area contributed by atoms with Crippen molar-refractivity contribution in [3.8, 4) is 0 Å². The Labute approximate surface area is 129 Å². The predicted octanol–water partition coefficient (Wildman–Crippen LogP) is 4.05. The van der Waals surface area contributed by atoms with Crippen LogP contribution in [0, 0.1) is 0 Å². The Kier molecular flexibility index (Phi) is 4.97. The van der Waals surface area contributed by atoms with E-state index in [1.54, 1.807) is 0 Å². The Balaban J connectivity index is 1.58. The van der Waals surface area contributed by atoms with Gasteiger partial charge >= 0.3 is 0 Å². The molecule has 1 saturated heterocycles. The molecule has 2 fully saturated rings. The summed E-state index contributed by atoms with van der Waals surface area (Å²) in [6, 6.07) is 11.8. The molecule has 116 valence electrons. The van der Waals surface area contributed by atoms with Crippen LogP contribution >= 0.6 is 0 Å². The van der Waals surface area contributed by atoms with Crippen LogP contribution in [0.15, 0.2) is 30.3 Å². The standard InChI is InChI=1S/C19H29NO/c1-2-20-18(12-6-10-17-11-7-15-21-17)19(13-14-19)16-8-4-3-5-9-16/h3-5,8-9,17-18,20H,2,6-7,10-15H2,1H3. The van der Waals surface area contributed by atoms with Gasteiger partial charge in [0.1, 0.15) is 0 Å². The second-order valence-electron chi connectivity index (χ2n) is 6.70. The van der Waals surface area contributed by atoms with Crippen LogP contribution in [0.1, 0.15) is 57.4 Å². The van der Waals surface area contributed by atoms with E-state index in [0.717, 1.165) is 13.2 Å². The van der Waals surface area contributed by atoms with Crippen LogP contribution in [0.2, 0.25) is 0 Å². The largest absolute Gasteiger partial charge is 0.378 e. The highest BCUT2D eigenvalue weighted by Gasteiger charge is 2.49. The zero-order valence-electron chi connectivity index (χ0n) is 13.3. The molecule has 2 aliphatic rings. The minimum atomic E-state index is 0.411. The first kappa shape index (κ1) is 15.1. The Morgan fingerprint density at radius 3 is 2.71 bits per heavy atom. The molecule has 1 N–H and O–H groups in total. The quantitative estimate of drug-likeness (QED) is 0.779. The van der Waals surface area contributed by atoms with Gasteiger partial charge in [-0.25, -0.2) is 0 Å². The van der Waals surface area contributed by atoms with Crippen molar-refractivity contribution in [1.82, 2.24) is 5.32 Å². The predicted molar refractivity (Wildman–Crippen MR) is 87.6 cm³/mol. The second-order valence-corrected chi connectivity index (χ2v) is 6.70. The summed E-state index contributed by atoms with van der Waals surface area (Å²) in [5.41, 5.74) is 1.95. The maximum Gasteiger partial charge on any atom is 0.0576 e. The van der Waals surface area contributed by atoms with Gasteiger partial charge in [0.15, 0.2) is 0 Å². The summed E-state index contributed by atoms with van der Waals surface area (Å²) in [6.07, 6.45) is 9.57. The molecule has 3 rings (SSSR count). The molecule has 1 aromatic rings. The number of benzene rings is 1. The normalized spacial score (nSPS) is 24.9. The van der Waals surface area contributed by atoms with E-state index in [1.807, 2.05) is 0 Å². The van der Waals surface area contributed by atoms with Gasteiger partial charge in [0.2, 0.25) is 0 Å². The number of hydrogen-bond acceptors (Lipinski definition) is 2. The summed E-state index contributed by atoms with van der Waals surface area (Å²) >= 11 is 0. The van der Waals surface area contributed by atoms with Crippen molar-refractivity contribution in [2.24, 2.45) is 0 Å². The van der Waals surface area contributed by atoms with Gasteiger partial charge in [-0.1, -0.05) is 37.3 Å². The fourth-order valence-corrected chi connectivity index (χ4v) is 3.98. The van der Waals surface area contributed by atoms with Crippen LogP contribution in [0.5, 0.6) is 0 Å². The summed E-state index contributed by atoms with van der Waals surface area (Å²) in [7, 11) is 0. The third-order valence-corrected chi connectivity index (χ3v) is 5.30. The number of hydrogen-bond donors (Lipinski definition) is 1. The lowest BCUT2D eigenvalue weighted by atomic mass is 9.85. The molecule has 2 unspecified atom stereocenters. The van der Waals surface area contributed by atoms with Gasteiger partial charge in [-0.15, -0.1) is 0 Å². The molecular weight excluding hydrogens is 258 g/mol. The number of nitrogens with one attached hydrogen (secondary N) is 1. The highest BCUT2D eigenvalue weighted by Crippen LogP contribution is 2.52. The summed E-state index contributed by atoms with van der Waals surface area (Å²) in [5.74, 6) is 0. The van der Waals surface area contributed by atoms with Gasteiger partial charge < -0.3 is 10.1 Å². The van der Waals surface area contributed by atoms with E-state index in [9.17, 15) is 0 Å². The van der Waals surface area contributed by atoms with Crippen molar-refractivity contribution >= 4 is 0 Å². The third kappa shape index (κ3) is 3.49. The summed E-state index contributed by atoms with van der Waals surface area (Å²) in [4.78, 5) is 0. The van der Waals surface area contributed by atoms with Crippen LogP contribution in [-0.2, 0) is 10.2 Å². The van der Waals surface area contributed by atoms with Crippen LogP contribution < -0.4 is 5.32 Å². The van der Waals surface area contributed by atoms with E-state index in [2.05, 4.69) is 42.6 Å². The Hall–Kier alpha value is -0.860. The van der Waals surface area contributed by atoms with Gasteiger partial charge in [0.05, 0.1) is 6.10 Å². The topological polar surface area (TPSA) is 21.3 Å². The zero-order valence-corrected chi connectivity index (χ0v) is 13.3. The first-order valence-electron chi connectivity index (χ1n) is 8.75. The molecule has 2 atom stereocenters. The molecule has 21 heavy (non-hydrogen) atoms. The molecule has 0 aromatic heterocycles. The van der Waals surface area contributed by atoms with E-state index >= 15 is 0 Å². The number of rotatable bonds is 8. The van der Waals surface area contributed by atoms with Gasteiger partial charge in [0.25, 0.3) is 0 Å². The van der Waals surface area contributed by atoms with E-state index in [4.69, 9.17) is 4.74 Å². The molecule has 2 nitrogen and oxygen atoms in total. The average molecular weight is 287 g/mol. The third-order valence-electron chi connectivity index (χ3n) is 5.30. The summed E-state index contributed by atoms with van der Waals surface area (Å²) in [6.45, 7) is 4.28. The summed E-state index contributed by atoms with van der Waals surface area (Å²) in [5, 5.41) is 3.77. The van der Waals surface area contributed by atoms with Crippen LogP contribution in [0.4, 0.5) is 0 Å². The lowest BCUT2D eigenvalue weighted by Crippen LogP contribution is -2.40. The Morgan fingerprint density at radius 1 is 1.29 bits per heavy atom. The first-order valence-corrected chi connectivity index (χ1v) is 8.75.